The molecule has 2 heterocycles. The van der Waals surface area contributed by atoms with Gasteiger partial charge in [0.2, 0.25) is 0 Å². The summed E-state index contributed by atoms with van der Waals surface area (Å²) in [4.78, 5) is 12.9. The molecule has 0 aliphatic carbocycles. The van der Waals surface area contributed by atoms with Gasteiger partial charge in [0.05, 0.1) is 41.4 Å². The average Bonchev–Trinajstić information content (AvgIpc) is 3.35. The number of nitrogens with one attached hydrogen (secondary N) is 1. The predicted molar refractivity (Wildman–Crippen MR) is 114 cm³/mol. The van der Waals surface area contributed by atoms with Crippen molar-refractivity contribution < 1.29 is 18.0 Å². The first-order valence-corrected chi connectivity index (χ1v) is 9.90. The molecule has 0 unspecified atom stereocenters. The SMILES string of the molecule is Cc1c(C(=O)Nc2ccnn2Cc2ccc(Cl)cc2)cnn1-c1cccc(C(F)(F)F)c1. The van der Waals surface area contributed by atoms with Crippen LogP contribution in [0.1, 0.15) is 27.2 Å². The lowest BCUT2D eigenvalue weighted by Gasteiger charge is -2.11. The van der Waals surface area contributed by atoms with Gasteiger partial charge in [-0.3, -0.25) is 4.79 Å². The van der Waals surface area contributed by atoms with Gasteiger partial charge in [-0.15, -0.1) is 0 Å². The van der Waals surface area contributed by atoms with Crippen molar-refractivity contribution in [1.82, 2.24) is 19.6 Å². The molecule has 2 aromatic carbocycles. The molecule has 0 aliphatic heterocycles. The Morgan fingerprint density at radius 1 is 1.09 bits per heavy atom. The van der Waals surface area contributed by atoms with Crippen LogP contribution in [0.5, 0.6) is 0 Å². The first-order valence-electron chi connectivity index (χ1n) is 9.52. The van der Waals surface area contributed by atoms with Crippen LogP contribution in [0.4, 0.5) is 19.0 Å². The molecular formula is C22H17ClF3N5O. The Hall–Kier alpha value is -3.59. The Morgan fingerprint density at radius 3 is 2.56 bits per heavy atom. The summed E-state index contributed by atoms with van der Waals surface area (Å²) in [6.07, 6.45) is -1.59. The van der Waals surface area contributed by atoms with Gasteiger partial charge in [-0.05, 0) is 42.8 Å². The molecule has 0 fully saturated rings. The van der Waals surface area contributed by atoms with Crippen molar-refractivity contribution >= 4 is 23.3 Å². The van der Waals surface area contributed by atoms with Gasteiger partial charge in [0.1, 0.15) is 5.82 Å². The second-order valence-corrected chi connectivity index (χ2v) is 7.49. The van der Waals surface area contributed by atoms with Crippen molar-refractivity contribution in [3.63, 3.8) is 0 Å². The highest BCUT2D eigenvalue weighted by Gasteiger charge is 2.30. The third-order valence-corrected chi connectivity index (χ3v) is 5.13. The highest BCUT2D eigenvalue weighted by molar-refractivity contribution is 6.30. The molecule has 0 aliphatic rings. The Morgan fingerprint density at radius 2 is 1.84 bits per heavy atom. The second kappa shape index (κ2) is 8.51. The smallest absolute Gasteiger partial charge is 0.307 e. The molecule has 4 rings (SSSR count). The first kappa shape index (κ1) is 21.6. The van der Waals surface area contributed by atoms with E-state index in [9.17, 15) is 18.0 Å². The summed E-state index contributed by atoms with van der Waals surface area (Å²) in [6.45, 7) is 2.04. The van der Waals surface area contributed by atoms with Crippen LogP contribution in [0.3, 0.4) is 0 Å². The summed E-state index contributed by atoms with van der Waals surface area (Å²) in [5, 5.41) is 11.7. The van der Waals surface area contributed by atoms with Crippen LogP contribution in [0.15, 0.2) is 67.0 Å². The van der Waals surface area contributed by atoms with Crippen molar-refractivity contribution in [2.45, 2.75) is 19.6 Å². The fourth-order valence-corrected chi connectivity index (χ4v) is 3.34. The predicted octanol–water partition coefficient (Wildman–Crippen LogP) is 5.35. The monoisotopic (exact) mass is 459 g/mol. The lowest BCUT2D eigenvalue weighted by molar-refractivity contribution is -0.137. The number of hydrogen-bond acceptors (Lipinski definition) is 3. The van der Waals surface area contributed by atoms with E-state index in [1.807, 2.05) is 12.1 Å². The molecule has 1 N–H and O–H groups in total. The molecule has 2 aromatic heterocycles. The molecule has 32 heavy (non-hydrogen) atoms. The van der Waals surface area contributed by atoms with E-state index < -0.39 is 17.6 Å². The summed E-state index contributed by atoms with van der Waals surface area (Å²) in [6, 6.07) is 13.7. The van der Waals surface area contributed by atoms with E-state index in [1.165, 1.54) is 23.0 Å². The summed E-state index contributed by atoms with van der Waals surface area (Å²) in [5.41, 5.74) is 1.01. The summed E-state index contributed by atoms with van der Waals surface area (Å²) in [5.74, 6) is 0.0229. The van der Waals surface area contributed by atoms with E-state index in [1.54, 1.807) is 36.0 Å². The van der Waals surface area contributed by atoms with Crippen LogP contribution >= 0.6 is 11.6 Å². The molecule has 0 spiro atoms. The minimum atomic E-state index is -4.47. The van der Waals surface area contributed by atoms with Crippen LogP contribution in [-0.2, 0) is 12.7 Å². The maximum atomic E-state index is 13.0. The Labute approximate surface area is 186 Å². The fraction of sp³-hybridized carbons (Fsp3) is 0.136. The van der Waals surface area contributed by atoms with Crippen LogP contribution in [0.25, 0.3) is 5.69 Å². The number of halogens is 4. The van der Waals surface area contributed by atoms with Crippen molar-refractivity contribution in [2.75, 3.05) is 5.32 Å². The zero-order valence-corrected chi connectivity index (χ0v) is 17.5. The third-order valence-electron chi connectivity index (χ3n) is 4.88. The fourth-order valence-electron chi connectivity index (χ4n) is 3.22. The lowest BCUT2D eigenvalue weighted by atomic mass is 10.2. The maximum absolute atomic E-state index is 13.0. The minimum Gasteiger partial charge on any atom is -0.307 e. The van der Waals surface area contributed by atoms with Crippen molar-refractivity contribution in [3.8, 4) is 5.69 Å². The van der Waals surface area contributed by atoms with Gasteiger partial charge in [0.25, 0.3) is 5.91 Å². The van der Waals surface area contributed by atoms with Crippen LogP contribution < -0.4 is 5.32 Å². The normalized spacial score (nSPS) is 11.5. The van der Waals surface area contributed by atoms with Crippen molar-refractivity contribution in [3.05, 3.63) is 94.4 Å². The number of nitrogens with zero attached hydrogens (tertiary/aromatic N) is 4. The van der Waals surface area contributed by atoms with E-state index in [4.69, 9.17) is 11.6 Å². The van der Waals surface area contributed by atoms with Crippen LogP contribution in [0, 0.1) is 6.92 Å². The Balaban J connectivity index is 1.55. The van der Waals surface area contributed by atoms with Gasteiger partial charge in [0, 0.05) is 11.1 Å². The number of benzene rings is 2. The summed E-state index contributed by atoms with van der Waals surface area (Å²) < 4.78 is 42.0. The number of hydrogen-bond donors (Lipinski definition) is 1. The summed E-state index contributed by atoms with van der Waals surface area (Å²) >= 11 is 5.91. The third kappa shape index (κ3) is 4.52. The lowest BCUT2D eigenvalue weighted by Crippen LogP contribution is -2.17. The van der Waals surface area contributed by atoms with E-state index in [2.05, 4.69) is 15.5 Å². The van der Waals surface area contributed by atoms with Gasteiger partial charge in [-0.1, -0.05) is 29.8 Å². The Bertz CT molecular complexity index is 1260. The minimum absolute atomic E-state index is 0.212. The molecule has 0 bridgehead atoms. The molecule has 164 valence electrons. The van der Waals surface area contributed by atoms with E-state index in [-0.39, 0.29) is 11.3 Å². The molecule has 0 radical (unpaired) electrons. The zero-order valence-electron chi connectivity index (χ0n) is 16.8. The largest absolute Gasteiger partial charge is 0.416 e. The summed E-state index contributed by atoms with van der Waals surface area (Å²) in [7, 11) is 0. The maximum Gasteiger partial charge on any atom is 0.416 e. The van der Waals surface area contributed by atoms with E-state index in [0.717, 1.165) is 17.7 Å². The Kier molecular flexibility index (Phi) is 5.75. The van der Waals surface area contributed by atoms with Gasteiger partial charge in [-0.25, -0.2) is 9.36 Å². The zero-order chi connectivity index (χ0) is 22.9. The number of anilines is 1. The van der Waals surface area contributed by atoms with Gasteiger partial charge in [0.15, 0.2) is 0 Å². The molecule has 0 saturated heterocycles. The molecular weight excluding hydrogens is 443 g/mol. The molecule has 10 heteroatoms. The second-order valence-electron chi connectivity index (χ2n) is 7.06. The molecule has 4 aromatic rings. The first-order chi connectivity index (χ1) is 15.2. The number of amides is 1. The highest BCUT2D eigenvalue weighted by atomic mass is 35.5. The number of aromatic nitrogens is 4. The topological polar surface area (TPSA) is 64.7 Å². The average molecular weight is 460 g/mol. The number of carbonyl (C=O) groups is 1. The standard InChI is InChI=1S/C22H17ClF3N5O/c1-14-19(12-28-31(14)18-4-2-3-16(11-18)22(24,25)26)21(32)29-20-9-10-27-30(20)13-15-5-7-17(23)8-6-15/h2-12H,13H2,1H3,(H,29,32). The molecule has 0 atom stereocenters. The van der Waals surface area contributed by atoms with Gasteiger partial charge < -0.3 is 5.32 Å². The molecule has 0 saturated carbocycles. The van der Waals surface area contributed by atoms with E-state index in [0.29, 0.717) is 23.1 Å². The van der Waals surface area contributed by atoms with Gasteiger partial charge in [-0.2, -0.15) is 23.4 Å². The molecule has 6 nitrogen and oxygen atoms in total. The van der Waals surface area contributed by atoms with Crippen molar-refractivity contribution in [2.24, 2.45) is 0 Å². The molecule has 1 amide bonds. The van der Waals surface area contributed by atoms with Gasteiger partial charge >= 0.3 is 6.18 Å². The van der Waals surface area contributed by atoms with Crippen LogP contribution in [-0.4, -0.2) is 25.5 Å². The number of rotatable bonds is 5. The quantitative estimate of drug-likeness (QED) is 0.437. The highest BCUT2D eigenvalue weighted by Crippen LogP contribution is 2.30. The number of alkyl halides is 3. The van der Waals surface area contributed by atoms with Crippen LogP contribution in [0.2, 0.25) is 5.02 Å². The number of carbonyl (C=O) groups excluding carboxylic acids is 1. The van der Waals surface area contributed by atoms with Crippen molar-refractivity contribution in [1.29, 1.82) is 0 Å². The van der Waals surface area contributed by atoms with E-state index >= 15 is 0 Å².